The van der Waals surface area contributed by atoms with Crippen molar-refractivity contribution in [2.45, 2.75) is 39.3 Å². The van der Waals surface area contributed by atoms with Gasteiger partial charge in [0.2, 0.25) is 0 Å². The molecule has 3 nitrogen and oxygen atoms in total. The van der Waals surface area contributed by atoms with Gasteiger partial charge < -0.3 is 10.2 Å². The van der Waals surface area contributed by atoms with Crippen molar-refractivity contribution < 1.29 is 4.42 Å². The summed E-state index contributed by atoms with van der Waals surface area (Å²) in [5.74, 6) is 1.54. The molecule has 0 saturated heterocycles. The molecule has 2 aromatic rings. The van der Waals surface area contributed by atoms with E-state index in [1.165, 1.54) is 16.7 Å². The standard InChI is InChI=1S/C18H26N2O/c1-13(2)15-5-7-16(8-6-15)18(11-19)20(4)12-17-9-10-21-14(17)3/h5-10,13,18H,11-12,19H2,1-4H3. The Hall–Kier alpha value is -1.58. The summed E-state index contributed by atoms with van der Waals surface area (Å²) < 4.78 is 5.37. The summed E-state index contributed by atoms with van der Waals surface area (Å²) in [6.45, 7) is 7.87. The van der Waals surface area contributed by atoms with Crippen molar-refractivity contribution in [2.75, 3.05) is 13.6 Å². The Balaban J connectivity index is 2.13. The molecule has 0 saturated carbocycles. The fraction of sp³-hybridized carbons (Fsp3) is 0.444. The third-order valence-electron chi connectivity index (χ3n) is 4.13. The Bertz CT molecular complexity index is 557. The van der Waals surface area contributed by atoms with E-state index in [1.54, 1.807) is 6.26 Å². The Morgan fingerprint density at radius 3 is 2.19 bits per heavy atom. The molecule has 1 heterocycles. The van der Waals surface area contributed by atoms with Gasteiger partial charge in [-0.15, -0.1) is 0 Å². The van der Waals surface area contributed by atoms with E-state index in [9.17, 15) is 0 Å². The molecular weight excluding hydrogens is 260 g/mol. The summed E-state index contributed by atoms with van der Waals surface area (Å²) in [6.07, 6.45) is 1.74. The number of likely N-dealkylation sites (N-methyl/N-ethyl adjacent to an activating group) is 1. The van der Waals surface area contributed by atoms with Crippen molar-refractivity contribution in [3.63, 3.8) is 0 Å². The van der Waals surface area contributed by atoms with Crippen LogP contribution in [0.5, 0.6) is 0 Å². The Kier molecular flexibility index (Phi) is 5.21. The first kappa shape index (κ1) is 15.8. The van der Waals surface area contributed by atoms with Gasteiger partial charge in [-0.2, -0.15) is 0 Å². The molecule has 2 N–H and O–H groups in total. The van der Waals surface area contributed by atoms with E-state index in [1.807, 2.05) is 13.0 Å². The molecule has 3 heteroatoms. The number of nitrogens with zero attached hydrogens (tertiary/aromatic N) is 1. The van der Waals surface area contributed by atoms with E-state index in [0.29, 0.717) is 12.5 Å². The molecule has 0 fully saturated rings. The zero-order valence-electron chi connectivity index (χ0n) is 13.5. The van der Waals surface area contributed by atoms with Crippen LogP contribution in [0.2, 0.25) is 0 Å². The van der Waals surface area contributed by atoms with Crippen LogP contribution in [0.4, 0.5) is 0 Å². The van der Waals surface area contributed by atoms with Gasteiger partial charge in [-0.05, 0) is 37.1 Å². The normalized spacial score (nSPS) is 13.1. The third-order valence-corrected chi connectivity index (χ3v) is 4.13. The first-order valence-corrected chi connectivity index (χ1v) is 7.56. The first-order chi connectivity index (χ1) is 10.0. The minimum atomic E-state index is 0.223. The molecule has 1 atom stereocenters. The maximum Gasteiger partial charge on any atom is 0.105 e. The zero-order chi connectivity index (χ0) is 15.4. The number of nitrogens with two attached hydrogens (primary N) is 1. The van der Waals surface area contributed by atoms with E-state index in [0.717, 1.165) is 12.3 Å². The zero-order valence-corrected chi connectivity index (χ0v) is 13.5. The minimum Gasteiger partial charge on any atom is -0.469 e. The molecule has 114 valence electrons. The number of hydrogen-bond donors (Lipinski definition) is 1. The highest BCUT2D eigenvalue weighted by atomic mass is 16.3. The maximum atomic E-state index is 6.01. The van der Waals surface area contributed by atoms with Gasteiger partial charge >= 0.3 is 0 Å². The number of rotatable bonds is 6. The van der Waals surface area contributed by atoms with E-state index >= 15 is 0 Å². The van der Waals surface area contributed by atoms with Crippen LogP contribution >= 0.6 is 0 Å². The van der Waals surface area contributed by atoms with Crippen LogP contribution in [0.3, 0.4) is 0 Å². The lowest BCUT2D eigenvalue weighted by Crippen LogP contribution is -2.30. The van der Waals surface area contributed by atoms with Gasteiger partial charge in [0, 0.05) is 24.7 Å². The molecule has 0 bridgehead atoms. The lowest BCUT2D eigenvalue weighted by Gasteiger charge is -2.27. The topological polar surface area (TPSA) is 42.4 Å². The van der Waals surface area contributed by atoms with E-state index < -0.39 is 0 Å². The van der Waals surface area contributed by atoms with Crippen molar-refractivity contribution in [3.05, 3.63) is 59.0 Å². The van der Waals surface area contributed by atoms with Crippen molar-refractivity contribution in [2.24, 2.45) is 5.73 Å². The van der Waals surface area contributed by atoms with Crippen LogP contribution in [0.25, 0.3) is 0 Å². The lowest BCUT2D eigenvalue weighted by atomic mass is 9.98. The number of furan rings is 1. The van der Waals surface area contributed by atoms with E-state index in [-0.39, 0.29) is 6.04 Å². The second kappa shape index (κ2) is 6.92. The Labute approximate surface area is 127 Å². The van der Waals surface area contributed by atoms with Gasteiger partial charge in [0.1, 0.15) is 5.76 Å². The summed E-state index contributed by atoms with van der Waals surface area (Å²) in [4.78, 5) is 2.28. The highest BCUT2D eigenvalue weighted by Crippen LogP contribution is 2.24. The van der Waals surface area contributed by atoms with Gasteiger partial charge in [0.25, 0.3) is 0 Å². The smallest absolute Gasteiger partial charge is 0.105 e. The van der Waals surface area contributed by atoms with Crippen molar-refractivity contribution in [3.8, 4) is 0 Å². The van der Waals surface area contributed by atoms with Crippen LogP contribution in [0, 0.1) is 6.92 Å². The van der Waals surface area contributed by atoms with Gasteiger partial charge in [0.15, 0.2) is 0 Å². The molecule has 1 unspecified atom stereocenters. The predicted molar refractivity (Wildman–Crippen MR) is 87.2 cm³/mol. The minimum absolute atomic E-state index is 0.223. The molecule has 1 aromatic carbocycles. The van der Waals surface area contributed by atoms with Crippen LogP contribution in [-0.4, -0.2) is 18.5 Å². The SMILES string of the molecule is Cc1occc1CN(C)C(CN)c1ccc(C(C)C)cc1. The van der Waals surface area contributed by atoms with Crippen LogP contribution < -0.4 is 5.73 Å². The van der Waals surface area contributed by atoms with Crippen molar-refractivity contribution >= 4 is 0 Å². The molecule has 2 rings (SSSR count). The molecule has 21 heavy (non-hydrogen) atoms. The van der Waals surface area contributed by atoms with Crippen LogP contribution in [-0.2, 0) is 6.54 Å². The molecule has 0 radical (unpaired) electrons. The average Bonchev–Trinajstić information content (AvgIpc) is 2.85. The number of hydrogen-bond acceptors (Lipinski definition) is 3. The predicted octanol–water partition coefficient (Wildman–Crippen LogP) is 3.84. The fourth-order valence-electron chi connectivity index (χ4n) is 2.63. The molecule has 0 aliphatic rings. The Morgan fingerprint density at radius 1 is 1.10 bits per heavy atom. The highest BCUT2D eigenvalue weighted by molar-refractivity contribution is 5.27. The number of benzene rings is 1. The summed E-state index contributed by atoms with van der Waals surface area (Å²) in [5, 5.41) is 0. The molecule has 1 aromatic heterocycles. The molecule has 0 aliphatic carbocycles. The largest absolute Gasteiger partial charge is 0.469 e. The van der Waals surface area contributed by atoms with Gasteiger partial charge in [-0.3, -0.25) is 4.90 Å². The summed E-state index contributed by atoms with van der Waals surface area (Å²) in [6, 6.07) is 11.1. The summed E-state index contributed by atoms with van der Waals surface area (Å²) >= 11 is 0. The number of aryl methyl sites for hydroxylation is 1. The maximum absolute atomic E-state index is 6.01. The van der Waals surface area contributed by atoms with E-state index in [4.69, 9.17) is 10.2 Å². The van der Waals surface area contributed by atoms with Gasteiger partial charge in [-0.1, -0.05) is 38.1 Å². The second-order valence-corrected chi connectivity index (χ2v) is 5.99. The third kappa shape index (κ3) is 3.74. The van der Waals surface area contributed by atoms with Crippen molar-refractivity contribution in [1.82, 2.24) is 4.90 Å². The van der Waals surface area contributed by atoms with Gasteiger partial charge in [-0.25, -0.2) is 0 Å². The molecule has 0 aliphatic heterocycles. The van der Waals surface area contributed by atoms with Crippen LogP contribution in [0.1, 0.15) is 48.3 Å². The van der Waals surface area contributed by atoms with Gasteiger partial charge in [0.05, 0.1) is 6.26 Å². The summed E-state index contributed by atoms with van der Waals surface area (Å²) in [5.41, 5.74) is 9.86. The first-order valence-electron chi connectivity index (χ1n) is 7.56. The second-order valence-electron chi connectivity index (χ2n) is 5.99. The summed E-state index contributed by atoms with van der Waals surface area (Å²) in [7, 11) is 2.11. The lowest BCUT2D eigenvalue weighted by molar-refractivity contribution is 0.240. The van der Waals surface area contributed by atoms with E-state index in [2.05, 4.69) is 50.1 Å². The average molecular weight is 286 g/mol. The van der Waals surface area contributed by atoms with Crippen molar-refractivity contribution in [1.29, 1.82) is 0 Å². The quantitative estimate of drug-likeness (QED) is 0.877. The Morgan fingerprint density at radius 2 is 1.71 bits per heavy atom. The highest BCUT2D eigenvalue weighted by Gasteiger charge is 2.17. The molecule has 0 spiro atoms. The molecule has 0 amide bonds. The monoisotopic (exact) mass is 286 g/mol. The van der Waals surface area contributed by atoms with Crippen LogP contribution in [0.15, 0.2) is 41.0 Å². The molecular formula is C18H26N2O. The fourth-order valence-corrected chi connectivity index (χ4v) is 2.63.